The summed E-state index contributed by atoms with van der Waals surface area (Å²) >= 11 is 0. The topological polar surface area (TPSA) is 115 Å². The molecule has 0 spiro atoms. The Hall–Kier alpha value is -2.62. The maximum Gasteiger partial charge on any atom is 0.238 e. The van der Waals surface area contributed by atoms with Crippen LogP contribution >= 0.6 is 0 Å². The average Bonchev–Trinajstić information content (AvgIpc) is 2.74. The van der Waals surface area contributed by atoms with Crippen molar-refractivity contribution in [3.63, 3.8) is 0 Å². The van der Waals surface area contributed by atoms with Gasteiger partial charge in [0.25, 0.3) is 0 Å². The van der Waals surface area contributed by atoms with Crippen LogP contribution in [0.1, 0.15) is 30.5 Å². The molecule has 0 aromatic heterocycles. The number of hydrogen-bond donors (Lipinski definition) is 3. The number of rotatable bonds is 11. The summed E-state index contributed by atoms with van der Waals surface area (Å²) in [6, 6.07) is 12.5. The lowest BCUT2D eigenvalue weighted by molar-refractivity contribution is 0.110. The van der Waals surface area contributed by atoms with E-state index in [0.717, 1.165) is 22.4 Å². The van der Waals surface area contributed by atoms with Crippen LogP contribution in [0.15, 0.2) is 52.4 Å². The molecule has 0 heterocycles. The van der Waals surface area contributed by atoms with Crippen LogP contribution in [0.2, 0.25) is 0 Å². The summed E-state index contributed by atoms with van der Waals surface area (Å²) in [6.45, 7) is 9.33. The molecule has 0 radical (unpaired) electrons. The summed E-state index contributed by atoms with van der Waals surface area (Å²) in [4.78, 5) is 4.66. The van der Waals surface area contributed by atoms with Crippen molar-refractivity contribution in [2.75, 3.05) is 26.4 Å². The quantitative estimate of drug-likeness (QED) is 0.276. The molecule has 0 bridgehead atoms. The number of nitrogens with one attached hydrogen (secondary N) is 2. The van der Waals surface area contributed by atoms with E-state index in [1.807, 2.05) is 39.0 Å². The van der Waals surface area contributed by atoms with Gasteiger partial charge in [0, 0.05) is 25.3 Å². The number of benzene rings is 2. The second kappa shape index (κ2) is 12.3. The van der Waals surface area contributed by atoms with Crippen molar-refractivity contribution < 1.29 is 17.9 Å². The molecule has 9 heteroatoms. The smallest absolute Gasteiger partial charge is 0.238 e. The highest BCUT2D eigenvalue weighted by Crippen LogP contribution is 2.20. The molecule has 0 amide bonds. The predicted molar refractivity (Wildman–Crippen MR) is 123 cm³/mol. The zero-order valence-electron chi connectivity index (χ0n) is 18.3. The molecule has 2 aromatic rings. The van der Waals surface area contributed by atoms with E-state index >= 15 is 0 Å². The van der Waals surface area contributed by atoms with Crippen molar-refractivity contribution in [2.45, 2.75) is 38.8 Å². The van der Waals surface area contributed by atoms with Crippen molar-refractivity contribution in [1.82, 2.24) is 10.6 Å². The van der Waals surface area contributed by atoms with Crippen molar-refractivity contribution in [3.8, 4) is 5.75 Å². The lowest BCUT2D eigenvalue weighted by Gasteiger charge is -2.15. The van der Waals surface area contributed by atoms with E-state index in [1.165, 1.54) is 12.1 Å². The second-order valence-electron chi connectivity index (χ2n) is 6.89. The third-order valence-corrected chi connectivity index (χ3v) is 5.30. The Morgan fingerprint density at radius 3 is 2.45 bits per heavy atom. The summed E-state index contributed by atoms with van der Waals surface area (Å²) in [7, 11) is -3.70. The first-order valence-electron chi connectivity index (χ1n) is 10.3. The van der Waals surface area contributed by atoms with Gasteiger partial charge in [0.1, 0.15) is 12.4 Å². The van der Waals surface area contributed by atoms with Crippen LogP contribution in [0.5, 0.6) is 5.75 Å². The third-order valence-electron chi connectivity index (χ3n) is 4.37. The van der Waals surface area contributed by atoms with Crippen LogP contribution in [-0.2, 0) is 27.8 Å². The summed E-state index contributed by atoms with van der Waals surface area (Å²) in [5.41, 5.74) is 3.02. The van der Waals surface area contributed by atoms with Crippen molar-refractivity contribution >= 4 is 16.0 Å². The number of primary sulfonamides is 1. The van der Waals surface area contributed by atoms with Gasteiger partial charge >= 0.3 is 0 Å². The van der Waals surface area contributed by atoms with Crippen LogP contribution in [0, 0.1) is 6.92 Å². The Bertz CT molecular complexity index is 960. The number of guanidine groups is 1. The zero-order valence-corrected chi connectivity index (χ0v) is 19.2. The second-order valence-corrected chi connectivity index (χ2v) is 8.46. The lowest BCUT2D eigenvalue weighted by atomic mass is 10.1. The number of aryl methyl sites for hydroxylation is 1. The number of nitrogens with zero attached hydrogens (tertiary/aromatic N) is 1. The fourth-order valence-corrected chi connectivity index (χ4v) is 3.29. The zero-order chi connectivity index (χ0) is 22.7. The largest absolute Gasteiger partial charge is 0.491 e. The molecule has 0 unspecified atom stereocenters. The van der Waals surface area contributed by atoms with Gasteiger partial charge in [-0.1, -0.05) is 24.3 Å². The molecular weight excluding hydrogens is 416 g/mol. The van der Waals surface area contributed by atoms with Gasteiger partial charge in [0.05, 0.1) is 18.0 Å². The van der Waals surface area contributed by atoms with Crippen molar-refractivity contribution in [2.24, 2.45) is 10.1 Å². The number of sulfonamides is 1. The first-order valence-corrected chi connectivity index (χ1v) is 11.8. The number of nitrogens with two attached hydrogens (primary N) is 1. The van der Waals surface area contributed by atoms with E-state index in [4.69, 9.17) is 14.6 Å². The molecule has 0 aliphatic carbocycles. The Morgan fingerprint density at radius 2 is 1.81 bits per heavy atom. The Kier molecular flexibility index (Phi) is 9.77. The molecule has 2 rings (SSSR count). The number of hydrogen-bond acceptors (Lipinski definition) is 5. The molecule has 4 N–H and O–H groups in total. The van der Waals surface area contributed by atoms with E-state index in [1.54, 1.807) is 12.1 Å². The minimum absolute atomic E-state index is 0.0847. The van der Waals surface area contributed by atoms with E-state index in [-0.39, 0.29) is 4.90 Å². The standard InChI is InChI=1S/C22H32N4O4S/c1-4-24-22(25-15-18-7-10-20(11-8-18)31(23,27)28)26-16-19-9-6-17(3)14-21(19)30-13-12-29-5-2/h6-11,14H,4-5,12-13,15-16H2,1-3H3,(H2,23,27,28)(H2,24,25,26). The molecular formula is C22H32N4O4S. The van der Waals surface area contributed by atoms with E-state index in [0.29, 0.717) is 45.4 Å². The van der Waals surface area contributed by atoms with Gasteiger partial charge in [-0.3, -0.25) is 0 Å². The fourth-order valence-electron chi connectivity index (χ4n) is 2.77. The highest BCUT2D eigenvalue weighted by molar-refractivity contribution is 7.89. The van der Waals surface area contributed by atoms with Gasteiger partial charge in [-0.15, -0.1) is 0 Å². The molecule has 0 saturated heterocycles. The summed E-state index contributed by atoms with van der Waals surface area (Å²) < 4.78 is 34.0. The fraction of sp³-hybridized carbons (Fsp3) is 0.409. The molecule has 2 aromatic carbocycles. The Balaban J connectivity index is 2.03. The molecule has 8 nitrogen and oxygen atoms in total. The van der Waals surface area contributed by atoms with Gasteiger partial charge in [-0.05, 0) is 50.1 Å². The van der Waals surface area contributed by atoms with Crippen LogP contribution in [0.25, 0.3) is 0 Å². The molecule has 0 fully saturated rings. The minimum atomic E-state index is -3.70. The first kappa shape index (κ1) is 24.6. The predicted octanol–water partition coefficient (Wildman–Crippen LogP) is 2.31. The van der Waals surface area contributed by atoms with E-state index in [9.17, 15) is 8.42 Å². The lowest BCUT2D eigenvalue weighted by Crippen LogP contribution is -2.36. The van der Waals surface area contributed by atoms with Crippen molar-refractivity contribution in [1.29, 1.82) is 0 Å². The number of ether oxygens (including phenoxy) is 2. The molecule has 0 saturated carbocycles. The first-order chi connectivity index (χ1) is 14.8. The van der Waals surface area contributed by atoms with Gasteiger partial charge in [-0.2, -0.15) is 0 Å². The van der Waals surface area contributed by atoms with E-state index < -0.39 is 10.0 Å². The maximum atomic E-state index is 11.4. The minimum Gasteiger partial charge on any atom is -0.491 e. The molecule has 31 heavy (non-hydrogen) atoms. The van der Waals surface area contributed by atoms with Crippen LogP contribution in [-0.4, -0.2) is 40.7 Å². The highest BCUT2D eigenvalue weighted by Gasteiger charge is 2.08. The monoisotopic (exact) mass is 448 g/mol. The summed E-state index contributed by atoms with van der Waals surface area (Å²) in [5, 5.41) is 11.7. The normalized spacial score (nSPS) is 11.9. The van der Waals surface area contributed by atoms with Gasteiger partial charge in [0.15, 0.2) is 5.96 Å². The molecule has 0 aliphatic rings. The van der Waals surface area contributed by atoms with E-state index in [2.05, 4.69) is 15.6 Å². The highest BCUT2D eigenvalue weighted by atomic mass is 32.2. The van der Waals surface area contributed by atoms with Crippen LogP contribution in [0.4, 0.5) is 0 Å². The molecule has 0 atom stereocenters. The summed E-state index contributed by atoms with van der Waals surface area (Å²) in [6.07, 6.45) is 0. The maximum absolute atomic E-state index is 11.4. The Labute approximate surface area is 184 Å². The van der Waals surface area contributed by atoms with Gasteiger partial charge < -0.3 is 20.1 Å². The van der Waals surface area contributed by atoms with Crippen LogP contribution in [0.3, 0.4) is 0 Å². The number of aliphatic imine (C=N–C) groups is 1. The van der Waals surface area contributed by atoms with Gasteiger partial charge in [0.2, 0.25) is 10.0 Å². The Morgan fingerprint density at radius 1 is 1.06 bits per heavy atom. The van der Waals surface area contributed by atoms with Gasteiger partial charge in [-0.25, -0.2) is 18.5 Å². The molecule has 0 aliphatic heterocycles. The SMILES string of the molecule is CCNC(=NCc1ccc(S(N)(=O)=O)cc1)NCc1ccc(C)cc1OCCOCC. The average molecular weight is 449 g/mol. The third kappa shape index (κ3) is 8.56. The molecule has 170 valence electrons. The summed E-state index contributed by atoms with van der Waals surface area (Å²) in [5.74, 6) is 1.47. The van der Waals surface area contributed by atoms with Crippen LogP contribution < -0.4 is 20.5 Å². The van der Waals surface area contributed by atoms with Crippen molar-refractivity contribution in [3.05, 3.63) is 59.2 Å².